The Bertz CT molecular complexity index is 662. The summed E-state index contributed by atoms with van der Waals surface area (Å²) in [4.78, 5) is 36.2. The summed E-state index contributed by atoms with van der Waals surface area (Å²) in [5.74, 6) is -0.770. The van der Waals surface area contributed by atoms with Gasteiger partial charge in [0.05, 0.1) is 12.0 Å². The quantitative estimate of drug-likeness (QED) is 0.380. The molecule has 2 amide bonds. The summed E-state index contributed by atoms with van der Waals surface area (Å²) in [5.41, 5.74) is 0.610. The van der Waals surface area contributed by atoms with Crippen molar-refractivity contribution in [2.24, 2.45) is 5.41 Å². The Labute approximate surface area is 158 Å². The molecule has 0 aliphatic carbocycles. The standard InChI is InChI=1S/C18H25N3O4S/c1-4-25-16(23)15(9-19-12-22)20-17(24)18(3)10-21(11-18)26-14-7-5-6-13(2)8-14/h5-8,12,15H,4,9-11H2,1-3H3,(H,19,22)(H,20,24). The lowest BCUT2D eigenvalue weighted by Gasteiger charge is -2.46. The van der Waals surface area contributed by atoms with E-state index < -0.39 is 17.4 Å². The van der Waals surface area contributed by atoms with Gasteiger partial charge in [-0.25, -0.2) is 9.10 Å². The Morgan fingerprint density at radius 1 is 1.42 bits per heavy atom. The van der Waals surface area contributed by atoms with E-state index in [1.165, 1.54) is 5.56 Å². The number of esters is 1. The second kappa shape index (κ2) is 9.05. The Balaban J connectivity index is 1.89. The average molecular weight is 379 g/mol. The fourth-order valence-electron chi connectivity index (χ4n) is 2.70. The highest BCUT2D eigenvalue weighted by atomic mass is 32.2. The van der Waals surface area contributed by atoms with Crippen LogP contribution in [-0.2, 0) is 19.1 Å². The van der Waals surface area contributed by atoms with Crippen molar-refractivity contribution >= 4 is 30.2 Å². The molecule has 1 saturated heterocycles. The molecule has 0 aromatic heterocycles. The monoisotopic (exact) mass is 379 g/mol. The van der Waals surface area contributed by atoms with E-state index >= 15 is 0 Å². The van der Waals surface area contributed by atoms with Crippen LogP contribution in [0.4, 0.5) is 0 Å². The fraction of sp³-hybridized carbons (Fsp3) is 0.500. The first-order chi connectivity index (χ1) is 12.4. The van der Waals surface area contributed by atoms with Crippen molar-refractivity contribution in [3.05, 3.63) is 29.8 Å². The molecule has 1 aromatic carbocycles. The van der Waals surface area contributed by atoms with Crippen LogP contribution >= 0.6 is 11.9 Å². The molecule has 8 heteroatoms. The summed E-state index contributed by atoms with van der Waals surface area (Å²) in [6, 6.07) is 7.30. The molecule has 1 unspecified atom stereocenters. The molecule has 7 nitrogen and oxygen atoms in total. The summed E-state index contributed by atoms with van der Waals surface area (Å²) in [5, 5.41) is 5.12. The van der Waals surface area contributed by atoms with Gasteiger partial charge >= 0.3 is 5.97 Å². The maximum atomic E-state index is 12.6. The number of hydrogen-bond acceptors (Lipinski definition) is 6. The van der Waals surface area contributed by atoms with E-state index in [0.717, 1.165) is 4.90 Å². The molecular formula is C18H25N3O4S. The number of aryl methyl sites for hydroxylation is 1. The SMILES string of the molecule is CCOC(=O)C(CNC=O)NC(=O)C1(C)CN(Sc2cccc(C)c2)C1. The average Bonchev–Trinajstić information content (AvgIpc) is 2.57. The minimum Gasteiger partial charge on any atom is -0.464 e. The highest BCUT2D eigenvalue weighted by molar-refractivity contribution is 7.97. The van der Waals surface area contributed by atoms with Crippen LogP contribution in [0.1, 0.15) is 19.4 Å². The Morgan fingerprint density at radius 3 is 2.77 bits per heavy atom. The van der Waals surface area contributed by atoms with Crippen molar-refractivity contribution in [1.82, 2.24) is 14.9 Å². The maximum absolute atomic E-state index is 12.6. The van der Waals surface area contributed by atoms with Crippen LogP contribution in [0, 0.1) is 12.3 Å². The third kappa shape index (κ3) is 5.22. The van der Waals surface area contributed by atoms with Crippen LogP contribution in [0.25, 0.3) is 0 Å². The minimum absolute atomic E-state index is 0.00586. The maximum Gasteiger partial charge on any atom is 0.330 e. The molecule has 1 aliphatic heterocycles. The molecular weight excluding hydrogens is 354 g/mol. The summed E-state index contributed by atoms with van der Waals surface area (Å²) in [6.07, 6.45) is 0.490. The van der Waals surface area contributed by atoms with E-state index in [1.807, 2.05) is 32.0 Å². The van der Waals surface area contributed by atoms with Gasteiger partial charge in [0.1, 0.15) is 6.04 Å². The second-order valence-corrected chi connectivity index (χ2v) is 7.74. The lowest BCUT2D eigenvalue weighted by atomic mass is 9.83. The van der Waals surface area contributed by atoms with E-state index in [4.69, 9.17) is 4.74 Å². The van der Waals surface area contributed by atoms with E-state index in [0.29, 0.717) is 19.5 Å². The zero-order valence-electron chi connectivity index (χ0n) is 15.3. The first-order valence-corrected chi connectivity index (χ1v) is 9.29. The highest BCUT2D eigenvalue weighted by Crippen LogP contribution is 2.38. The summed E-state index contributed by atoms with van der Waals surface area (Å²) in [7, 11) is 0. The van der Waals surface area contributed by atoms with Crippen molar-refractivity contribution in [3.8, 4) is 0 Å². The molecule has 1 aliphatic rings. The van der Waals surface area contributed by atoms with Crippen LogP contribution in [-0.4, -0.2) is 54.9 Å². The largest absolute Gasteiger partial charge is 0.464 e. The second-order valence-electron chi connectivity index (χ2n) is 6.57. The number of amides is 2. The van der Waals surface area contributed by atoms with E-state index in [2.05, 4.69) is 21.0 Å². The molecule has 2 rings (SSSR count). The number of nitrogens with one attached hydrogen (secondary N) is 2. The number of rotatable bonds is 9. The lowest BCUT2D eigenvalue weighted by Crippen LogP contribution is -2.62. The van der Waals surface area contributed by atoms with Crippen LogP contribution in [0.2, 0.25) is 0 Å². The predicted octanol–water partition coefficient (Wildman–Crippen LogP) is 1.12. The van der Waals surface area contributed by atoms with Gasteiger partial charge in [-0.15, -0.1) is 0 Å². The molecule has 1 fully saturated rings. The molecule has 1 heterocycles. The topological polar surface area (TPSA) is 87.7 Å². The summed E-state index contributed by atoms with van der Waals surface area (Å²) < 4.78 is 7.06. The molecule has 26 heavy (non-hydrogen) atoms. The number of hydrogen-bond donors (Lipinski definition) is 2. The number of nitrogens with zero attached hydrogens (tertiary/aromatic N) is 1. The molecule has 142 valence electrons. The number of ether oxygens (including phenoxy) is 1. The van der Waals surface area contributed by atoms with Gasteiger partial charge in [0.25, 0.3) is 0 Å². The molecule has 2 N–H and O–H groups in total. The molecule has 0 saturated carbocycles. The Morgan fingerprint density at radius 2 is 2.15 bits per heavy atom. The molecule has 0 spiro atoms. The number of carbonyl (C=O) groups excluding carboxylic acids is 3. The van der Waals surface area contributed by atoms with Crippen LogP contribution < -0.4 is 10.6 Å². The highest BCUT2D eigenvalue weighted by Gasteiger charge is 2.46. The first-order valence-electron chi connectivity index (χ1n) is 8.52. The van der Waals surface area contributed by atoms with E-state index in [-0.39, 0.29) is 19.1 Å². The molecule has 0 bridgehead atoms. The smallest absolute Gasteiger partial charge is 0.330 e. The summed E-state index contributed by atoms with van der Waals surface area (Å²) >= 11 is 1.61. The Hall–Kier alpha value is -2.06. The summed E-state index contributed by atoms with van der Waals surface area (Å²) in [6.45, 7) is 6.97. The van der Waals surface area contributed by atoms with Crippen molar-refractivity contribution < 1.29 is 19.1 Å². The van der Waals surface area contributed by atoms with Gasteiger partial charge in [-0.2, -0.15) is 0 Å². The van der Waals surface area contributed by atoms with Gasteiger partial charge < -0.3 is 15.4 Å². The van der Waals surface area contributed by atoms with Crippen molar-refractivity contribution in [2.75, 3.05) is 26.2 Å². The predicted molar refractivity (Wildman–Crippen MR) is 99.3 cm³/mol. The third-order valence-corrected chi connectivity index (χ3v) is 5.09. The normalized spacial score (nSPS) is 16.9. The van der Waals surface area contributed by atoms with Gasteiger partial charge in [-0.3, -0.25) is 9.59 Å². The zero-order valence-corrected chi connectivity index (χ0v) is 16.1. The van der Waals surface area contributed by atoms with Crippen molar-refractivity contribution in [2.45, 2.75) is 31.7 Å². The minimum atomic E-state index is -0.886. The van der Waals surface area contributed by atoms with Crippen LogP contribution in [0.15, 0.2) is 29.2 Å². The zero-order chi connectivity index (χ0) is 19.2. The van der Waals surface area contributed by atoms with Gasteiger partial charge in [-0.05, 0) is 50.4 Å². The molecule has 1 atom stereocenters. The van der Waals surface area contributed by atoms with Crippen molar-refractivity contribution in [1.29, 1.82) is 0 Å². The third-order valence-electron chi connectivity index (χ3n) is 4.10. The lowest BCUT2D eigenvalue weighted by molar-refractivity contribution is -0.149. The van der Waals surface area contributed by atoms with Gasteiger partial charge in [-0.1, -0.05) is 12.1 Å². The van der Waals surface area contributed by atoms with Gasteiger partial charge in [0, 0.05) is 24.5 Å². The van der Waals surface area contributed by atoms with E-state index in [1.54, 1.807) is 18.9 Å². The number of benzene rings is 1. The van der Waals surface area contributed by atoms with Gasteiger partial charge in [0.2, 0.25) is 12.3 Å². The first kappa shape index (κ1) is 20.3. The number of carbonyl (C=O) groups is 3. The van der Waals surface area contributed by atoms with E-state index in [9.17, 15) is 14.4 Å². The molecule has 0 radical (unpaired) electrons. The van der Waals surface area contributed by atoms with Crippen LogP contribution in [0.5, 0.6) is 0 Å². The Kier molecular flexibility index (Phi) is 7.05. The molecule has 1 aromatic rings. The van der Waals surface area contributed by atoms with Crippen LogP contribution in [0.3, 0.4) is 0 Å². The van der Waals surface area contributed by atoms with Crippen molar-refractivity contribution in [3.63, 3.8) is 0 Å². The van der Waals surface area contributed by atoms with Gasteiger partial charge in [0.15, 0.2) is 0 Å². The fourth-order valence-corrected chi connectivity index (χ4v) is 4.07.